The highest BCUT2D eigenvalue weighted by molar-refractivity contribution is 6.04. The smallest absolute Gasteiger partial charge is 0.408 e. The number of fused-ring (bicyclic) bond motifs is 1. The van der Waals surface area contributed by atoms with Crippen molar-refractivity contribution >= 4 is 28.3 Å². The lowest BCUT2D eigenvalue weighted by Crippen LogP contribution is -2.09. The number of oxazole rings is 1. The van der Waals surface area contributed by atoms with Crippen LogP contribution in [0.25, 0.3) is 16.7 Å². The standard InChI is InChI=1S/C19H18N2O3/c1-3-13(14-7-5-4-6-8-14)11-18(22)20-15-9-10-16-17(12-15)24-19(23)21(16)2/h4-12H,3H2,1-2H3,(H,20,22)/b13-11+. The molecule has 3 rings (SSSR count). The number of aromatic nitrogens is 1. The predicted octanol–water partition coefficient (Wildman–Crippen LogP) is 3.56. The molecule has 1 heterocycles. The number of amides is 1. The van der Waals surface area contributed by atoms with Crippen molar-refractivity contribution in [2.75, 3.05) is 5.32 Å². The van der Waals surface area contributed by atoms with Crippen LogP contribution in [-0.2, 0) is 11.8 Å². The Kier molecular flexibility index (Phi) is 4.33. The average molecular weight is 322 g/mol. The van der Waals surface area contributed by atoms with E-state index in [1.807, 2.05) is 37.3 Å². The Hall–Kier alpha value is -3.08. The molecule has 5 heteroatoms. The van der Waals surface area contributed by atoms with Gasteiger partial charge in [-0.15, -0.1) is 0 Å². The quantitative estimate of drug-likeness (QED) is 0.747. The van der Waals surface area contributed by atoms with Crippen LogP contribution in [0.4, 0.5) is 5.69 Å². The first-order valence-corrected chi connectivity index (χ1v) is 7.75. The molecule has 1 aromatic heterocycles. The molecule has 2 aromatic carbocycles. The largest absolute Gasteiger partial charge is 0.419 e. The lowest BCUT2D eigenvalue weighted by Gasteiger charge is -2.06. The van der Waals surface area contributed by atoms with E-state index in [4.69, 9.17) is 4.42 Å². The highest BCUT2D eigenvalue weighted by Crippen LogP contribution is 2.20. The number of allylic oxidation sites excluding steroid dienone is 1. The summed E-state index contributed by atoms with van der Waals surface area (Å²) >= 11 is 0. The third-order valence-corrected chi connectivity index (χ3v) is 3.89. The van der Waals surface area contributed by atoms with Gasteiger partial charge in [0.1, 0.15) is 0 Å². The van der Waals surface area contributed by atoms with E-state index in [0.717, 1.165) is 17.6 Å². The molecular formula is C19H18N2O3. The van der Waals surface area contributed by atoms with Crippen LogP contribution in [0.1, 0.15) is 18.9 Å². The summed E-state index contributed by atoms with van der Waals surface area (Å²) in [7, 11) is 1.64. The second-order valence-electron chi connectivity index (χ2n) is 5.49. The Labute approximate surface area is 139 Å². The minimum absolute atomic E-state index is 0.215. The fourth-order valence-corrected chi connectivity index (χ4v) is 2.59. The first kappa shape index (κ1) is 15.8. The summed E-state index contributed by atoms with van der Waals surface area (Å²) in [5.74, 6) is -0.640. The van der Waals surface area contributed by atoms with Gasteiger partial charge in [0, 0.05) is 24.9 Å². The average Bonchev–Trinajstić information content (AvgIpc) is 2.87. The third-order valence-electron chi connectivity index (χ3n) is 3.89. The van der Waals surface area contributed by atoms with Gasteiger partial charge in [-0.25, -0.2) is 4.79 Å². The Morgan fingerprint density at radius 1 is 1.21 bits per heavy atom. The van der Waals surface area contributed by atoms with Crippen LogP contribution in [0.5, 0.6) is 0 Å². The van der Waals surface area contributed by atoms with Gasteiger partial charge >= 0.3 is 5.76 Å². The van der Waals surface area contributed by atoms with Gasteiger partial charge in [-0.2, -0.15) is 0 Å². The Morgan fingerprint density at radius 2 is 1.96 bits per heavy atom. The van der Waals surface area contributed by atoms with E-state index in [0.29, 0.717) is 16.8 Å². The van der Waals surface area contributed by atoms with Crippen LogP contribution in [0.2, 0.25) is 0 Å². The molecular weight excluding hydrogens is 304 g/mol. The van der Waals surface area contributed by atoms with Crippen molar-refractivity contribution in [2.24, 2.45) is 7.05 Å². The monoisotopic (exact) mass is 322 g/mol. The molecule has 1 N–H and O–H groups in total. The number of hydrogen-bond acceptors (Lipinski definition) is 3. The van der Waals surface area contributed by atoms with E-state index < -0.39 is 5.76 Å². The van der Waals surface area contributed by atoms with E-state index in [1.54, 1.807) is 31.3 Å². The Bertz CT molecular complexity index is 965. The number of hydrogen-bond donors (Lipinski definition) is 1. The van der Waals surface area contributed by atoms with Crippen molar-refractivity contribution < 1.29 is 9.21 Å². The fourth-order valence-electron chi connectivity index (χ4n) is 2.59. The molecule has 0 aliphatic rings. The number of carbonyl (C=O) groups is 1. The number of nitrogens with zero attached hydrogens (tertiary/aromatic N) is 1. The van der Waals surface area contributed by atoms with Gasteiger partial charge in [-0.3, -0.25) is 9.36 Å². The maximum absolute atomic E-state index is 12.3. The maximum atomic E-state index is 12.3. The first-order valence-electron chi connectivity index (χ1n) is 7.75. The van der Waals surface area contributed by atoms with Gasteiger partial charge in [-0.05, 0) is 29.7 Å². The normalized spacial score (nSPS) is 11.7. The Morgan fingerprint density at radius 3 is 2.67 bits per heavy atom. The van der Waals surface area contributed by atoms with Crippen molar-refractivity contribution in [2.45, 2.75) is 13.3 Å². The Balaban J connectivity index is 1.84. The summed E-state index contributed by atoms with van der Waals surface area (Å²) < 4.78 is 6.56. The summed E-state index contributed by atoms with van der Waals surface area (Å²) in [4.78, 5) is 23.8. The molecule has 122 valence electrons. The number of nitrogens with one attached hydrogen (secondary N) is 1. The molecule has 3 aromatic rings. The van der Waals surface area contributed by atoms with Crippen molar-refractivity contribution in [3.05, 3.63) is 70.7 Å². The molecule has 5 nitrogen and oxygen atoms in total. The van der Waals surface area contributed by atoms with Crippen LogP contribution < -0.4 is 11.1 Å². The van der Waals surface area contributed by atoms with Crippen molar-refractivity contribution in [3.8, 4) is 0 Å². The maximum Gasteiger partial charge on any atom is 0.419 e. The van der Waals surface area contributed by atoms with Gasteiger partial charge in [0.05, 0.1) is 5.52 Å². The zero-order valence-electron chi connectivity index (χ0n) is 13.6. The topological polar surface area (TPSA) is 64.2 Å². The van der Waals surface area contributed by atoms with Crippen LogP contribution in [-0.4, -0.2) is 10.5 Å². The van der Waals surface area contributed by atoms with E-state index in [9.17, 15) is 9.59 Å². The number of rotatable bonds is 4. The molecule has 0 bridgehead atoms. The number of anilines is 1. The second kappa shape index (κ2) is 6.58. The molecule has 0 saturated carbocycles. The minimum atomic E-state index is -0.425. The van der Waals surface area contributed by atoms with Gasteiger partial charge in [0.25, 0.3) is 0 Å². The van der Waals surface area contributed by atoms with Crippen molar-refractivity contribution in [1.29, 1.82) is 0 Å². The highest BCUT2D eigenvalue weighted by Gasteiger charge is 2.08. The summed E-state index contributed by atoms with van der Waals surface area (Å²) in [6, 6.07) is 14.9. The van der Waals surface area contributed by atoms with Crippen LogP contribution in [0.15, 0.2) is 63.8 Å². The van der Waals surface area contributed by atoms with E-state index in [-0.39, 0.29) is 5.91 Å². The summed E-state index contributed by atoms with van der Waals surface area (Å²) in [6.45, 7) is 2.01. The zero-order valence-corrected chi connectivity index (χ0v) is 13.6. The molecule has 0 fully saturated rings. The molecule has 0 radical (unpaired) electrons. The van der Waals surface area contributed by atoms with E-state index in [2.05, 4.69) is 5.32 Å². The van der Waals surface area contributed by atoms with Crippen LogP contribution in [0.3, 0.4) is 0 Å². The van der Waals surface area contributed by atoms with Crippen molar-refractivity contribution in [3.63, 3.8) is 0 Å². The molecule has 0 saturated heterocycles. The summed E-state index contributed by atoms with van der Waals surface area (Å²) in [5, 5.41) is 2.81. The number of benzene rings is 2. The lowest BCUT2D eigenvalue weighted by molar-refractivity contribution is -0.111. The lowest BCUT2D eigenvalue weighted by atomic mass is 10.0. The SMILES string of the molecule is CC/C(=C\C(=O)Nc1ccc2c(c1)oc(=O)n2C)c1ccccc1. The van der Waals surface area contributed by atoms with Gasteiger partial charge in [0.15, 0.2) is 5.58 Å². The fraction of sp³-hybridized carbons (Fsp3) is 0.158. The van der Waals surface area contributed by atoms with Crippen LogP contribution in [0, 0.1) is 0 Å². The second-order valence-corrected chi connectivity index (χ2v) is 5.49. The third kappa shape index (κ3) is 3.15. The molecule has 0 spiro atoms. The van der Waals surface area contributed by atoms with E-state index in [1.165, 1.54) is 4.57 Å². The van der Waals surface area contributed by atoms with Crippen LogP contribution >= 0.6 is 0 Å². The van der Waals surface area contributed by atoms with Gasteiger partial charge in [0.2, 0.25) is 5.91 Å². The minimum Gasteiger partial charge on any atom is -0.408 e. The van der Waals surface area contributed by atoms with Crippen molar-refractivity contribution in [1.82, 2.24) is 4.57 Å². The van der Waals surface area contributed by atoms with Gasteiger partial charge in [-0.1, -0.05) is 37.3 Å². The zero-order chi connectivity index (χ0) is 17.1. The molecule has 0 aliphatic heterocycles. The molecule has 0 unspecified atom stereocenters. The first-order chi connectivity index (χ1) is 11.6. The number of carbonyl (C=O) groups excluding carboxylic acids is 1. The van der Waals surface area contributed by atoms with Gasteiger partial charge < -0.3 is 9.73 Å². The molecule has 1 amide bonds. The molecule has 0 aliphatic carbocycles. The molecule has 0 atom stereocenters. The summed E-state index contributed by atoms with van der Waals surface area (Å²) in [6.07, 6.45) is 2.35. The van der Waals surface area contributed by atoms with E-state index >= 15 is 0 Å². The predicted molar refractivity (Wildman–Crippen MR) is 94.8 cm³/mol. The molecule has 24 heavy (non-hydrogen) atoms. The summed E-state index contributed by atoms with van der Waals surface area (Å²) in [5.41, 5.74) is 3.71. The number of aryl methyl sites for hydroxylation is 1. The highest BCUT2D eigenvalue weighted by atomic mass is 16.4.